The molecule has 0 aromatic carbocycles. The van der Waals surface area contributed by atoms with Crippen molar-refractivity contribution in [2.24, 2.45) is 0 Å². The van der Waals surface area contributed by atoms with Crippen molar-refractivity contribution in [3.8, 4) is 0 Å². The number of rotatable bonds is 2. The molecule has 1 heteroatoms. The molecule has 0 N–H and O–H groups in total. The molecule has 0 rings (SSSR count). The average molecular weight is 102 g/mol. The van der Waals surface area contributed by atoms with Crippen molar-refractivity contribution in [3.63, 3.8) is 0 Å². The van der Waals surface area contributed by atoms with Gasteiger partial charge in [-0.1, -0.05) is 19.9 Å². The van der Waals surface area contributed by atoms with Crippen LogP contribution in [0.15, 0.2) is 12.7 Å². The molecule has 0 aromatic rings. The molecule has 0 aliphatic carbocycles. The van der Waals surface area contributed by atoms with Crippen LogP contribution in [0.3, 0.4) is 0 Å². The molecule has 0 amide bonds. The van der Waals surface area contributed by atoms with Gasteiger partial charge in [0.2, 0.25) is 0 Å². The maximum absolute atomic E-state index is 4.57. The smallest absolute Gasteiger partial charge is 0.0641 e. The lowest BCUT2D eigenvalue weighted by molar-refractivity contribution is 0.234. The van der Waals surface area contributed by atoms with Crippen LogP contribution in [0, 0.1) is 0 Å². The Morgan fingerprint density at radius 3 is 2.00 bits per heavy atom. The molecule has 0 saturated heterocycles. The first-order chi connectivity index (χ1) is 3.41. The van der Waals surface area contributed by atoms with E-state index in [1.54, 1.807) is 13.2 Å². The zero-order valence-electron chi connectivity index (χ0n) is 5.40. The summed E-state index contributed by atoms with van der Waals surface area (Å²) in [5, 5.41) is 0. The highest BCUT2D eigenvalue weighted by atomic mass is 16.5. The summed E-state index contributed by atoms with van der Waals surface area (Å²) < 4.78 is 4.57. The second-order valence-corrected chi connectivity index (χ2v) is 0.744. The molecule has 0 saturated carbocycles. The highest BCUT2D eigenvalue weighted by Gasteiger charge is 1.58. The first-order valence-electron chi connectivity index (χ1n) is 2.51. The van der Waals surface area contributed by atoms with Crippen molar-refractivity contribution in [1.29, 1.82) is 0 Å². The van der Waals surface area contributed by atoms with Crippen LogP contribution in [0.2, 0.25) is 0 Å². The Morgan fingerprint density at radius 1 is 1.57 bits per heavy atom. The molecule has 0 spiro atoms. The van der Waals surface area contributed by atoms with Gasteiger partial charge in [-0.3, -0.25) is 0 Å². The van der Waals surface area contributed by atoms with Crippen molar-refractivity contribution >= 4 is 0 Å². The van der Waals surface area contributed by atoms with Crippen LogP contribution in [0.4, 0.5) is 0 Å². The largest absolute Gasteiger partial charge is 0.381 e. The molecule has 0 bridgehead atoms. The topological polar surface area (TPSA) is 9.23 Å². The van der Waals surface area contributed by atoms with Gasteiger partial charge in [-0.05, 0) is 0 Å². The Balaban J connectivity index is 0. The fourth-order valence-corrected chi connectivity index (χ4v) is 0.118. The van der Waals surface area contributed by atoms with Crippen molar-refractivity contribution in [2.75, 3.05) is 13.7 Å². The number of hydrogen-bond donors (Lipinski definition) is 0. The summed E-state index contributed by atoms with van der Waals surface area (Å²) in [4.78, 5) is 0. The summed E-state index contributed by atoms with van der Waals surface area (Å²) in [7, 11) is 1.64. The molecule has 1 nitrogen and oxygen atoms in total. The van der Waals surface area contributed by atoms with E-state index in [1.807, 2.05) is 13.8 Å². The van der Waals surface area contributed by atoms with Crippen LogP contribution in [-0.2, 0) is 4.74 Å². The van der Waals surface area contributed by atoms with Gasteiger partial charge in [0.15, 0.2) is 0 Å². The van der Waals surface area contributed by atoms with Crippen molar-refractivity contribution in [2.45, 2.75) is 13.8 Å². The molecule has 0 aliphatic rings. The molecule has 0 fully saturated rings. The van der Waals surface area contributed by atoms with Gasteiger partial charge in [-0.25, -0.2) is 0 Å². The van der Waals surface area contributed by atoms with Crippen LogP contribution in [0.1, 0.15) is 13.8 Å². The fraction of sp³-hybridized carbons (Fsp3) is 0.667. The van der Waals surface area contributed by atoms with Crippen LogP contribution < -0.4 is 0 Å². The molecule has 0 heterocycles. The third-order valence-corrected chi connectivity index (χ3v) is 0.285. The average Bonchev–Trinajstić information content (AvgIpc) is 1.75. The van der Waals surface area contributed by atoms with Crippen LogP contribution >= 0.6 is 0 Å². The Morgan fingerprint density at radius 2 is 2.00 bits per heavy atom. The maximum Gasteiger partial charge on any atom is 0.0641 e. The van der Waals surface area contributed by atoms with E-state index in [-0.39, 0.29) is 0 Å². The highest BCUT2D eigenvalue weighted by Crippen LogP contribution is 1.60. The van der Waals surface area contributed by atoms with Crippen LogP contribution in [-0.4, -0.2) is 13.7 Å². The number of methoxy groups -OCH3 is 1. The van der Waals surface area contributed by atoms with Gasteiger partial charge in [-0.15, -0.1) is 6.58 Å². The molecule has 0 unspecified atom stereocenters. The molecule has 0 aromatic heterocycles. The summed E-state index contributed by atoms with van der Waals surface area (Å²) in [6.07, 6.45) is 1.71. The predicted octanol–water partition coefficient (Wildman–Crippen LogP) is 1.84. The predicted molar refractivity (Wildman–Crippen MR) is 33.4 cm³/mol. The van der Waals surface area contributed by atoms with E-state index >= 15 is 0 Å². The summed E-state index contributed by atoms with van der Waals surface area (Å²) >= 11 is 0. The van der Waals surface area contributed by atoms with E-state index in [2.05, 4.69) is 11.3 Å². The van der Waals surface area contributed by atoms with Gasteiger partial charge < -0.3 is 4.74 Å². The zero-order valence-corrected chi connectivity index (χ0v) is 5.40. The van der Waals surface area contributed by atoms with E-state index in [1.165, 1.54) is 0 Å². The third-order valence-electron chi connectivity index (χ3n) is 0.285. The lowest BCUT2D eigenvalue weighted by Gasteiger charge is -1.79. The molecule has 44 valence electrons. The van der Waals surface area contributed by atoms with Crippen molar-refractivity contribution in [3.05, 3.63) is 12.7 Å². The Kier molecular flexibility index (Phi) is 24.3. The van der Waals surface area contributed by atoms with Gasteiger partial charge >= 0.3 is 0 Å². The third kappa shape index (κ3) is 27.0. The minimum atomic E-state index is 0.653. The van der Waals surface area contributed by atoms with Gasteiger partial charge in [0.25, 0.3) is 0 Å². The minimum Gasteiger partial charge on any atom is -0.381 e. The first-order valence-corrected chi connectivity index (χ1v) is 2.51. The molecule has 0 radical (unpaired) electrons. The van der Waals surface area contributed by atoms with E-state index < -0.39 is 0 Å². The molecular weight excluding hydrogens is 88.1 g/mol. The van der Waals surface area contributed by atoms with E-state index in [4.69, 9.17) is 0 Å². The van der Waals surface area contributed by atoms with E-state index in [0.29, 0.717) is 6.61 Å². The van der Waals surface area contributed by atoms with Crippen molar-refractivity contribution in [1.82, 2.24) is 0 Å². The Hall–Kier alpha value is -0.300. The van der Waals surface area contributed by atoms with Gasteiger partial charge in [-0.2, -0.15) is 0 Å². The fourth-order valence-electron chi connectivity index (χ4n) is 0.118. The Labute approximate surface area is 46.0 Å². The SMILES string of the molecule is C=CCOC.CC. The highest BCUT2D eigenvalue weighted by molar-refractivity contribution is 4.62. The Bertz CT molecular complexity index is 25.4. The second-order valence-electron chi connectivity index (χ2n) is 0.744. The molecule has 0 atom stereocenters. The van der Waals surface area contributed by atoms with Gasteiger partial charge in [0, 0.05) is 7.11 Å². The van der Waals surface area contributed by atoms with Crippen LogP contribution in [0.5, 0.6) is 0 Å². The molecule has 0 aliphatic heterocycles. The van der Waals surface area contributed by atoms with Gasteiger partial charge in [0.1, 0.15) is 0 Å². The normalized spacial score (nSPS) is 6.14. The first kappa shape index (κ1) is 9.85. The standard InChI is InChI=1S/C4H8O.C2H6/c1-3-4-5-2;1-2/h3H,1,4H2,2H3;1-2H3. The summed E-state index contributed by atoms with van der Waals surface area (Å²) in [5.41, 5.74) is 0. The maximum atomic E-state index is 4.57. The number of ether oxygens (including phenoxy) is 1. The minimum absolute atomic E-state index is 0.653. The summed E-state index contributed by atoms with van der Waals surface area (Å²) in [6.45, 7) is 8.08. The van der Waals surface area contributed by atoms with Crippen LogP contribution in [0.25, 0.3) is 0 Å². The summed E-state index contributed by atoms with van der Waals surface area (Å²) in [5.74, 6) is 0. The second kappa shape index (κ2) is 17.3. The van der Waals surface area contributed by atoms with E-state index in [9.17, 15) is 0 Å². The lowest BCUT2D eigenvalue weighted by Crippen LogP contribution is -1.76. The zero-order chi connectivity index (χ0) is 6.12. The lowest BCUT2D eigenvalue weighted by atomic mass is 10.7. The molecule has 7 heavy (non-hydrogen) atoms. The summed E-state index contributed by atoms with van der Waals surface area (Å²) in [6, 6.07) is 0. The quantitative estimate of drug-likeness (QED) is 0.483. The van der Waals surface area contributed by atoms with E-state index in [0.717, 1.165) is 0 Å². The number of hydrogen-bond acceptors (Lipinski definition) is 1. The molecular formula is C6H14O. The van der Waals surface area contributed by atoms with Crippen molar-refractivity contribution < 1.29 is 4.74 Å². The monoisotopic (exact) mass is 102 g/mol. The van der Waals surface area contributed by atoms with Gasteiger partial charge in [0.05, 0.1) is 6.61 Å².